The van der Waals surface area contributed by atoms with E-state index in [1.807, 2.05) is 27.7 Å². The Bertz CT molecular complexity index is 841. The highest BCUT2D eigenvalue weighted by molar-refractivity contribution is 6.18. The number of halogens is 1. The molecule has 2 aliphatic rings. The van der Waals surface area contributed by atoms with E-state index in [9.17, 15) is 29.7 Å². The Kier molecular flexibility index (Phi) is 10.2. The number of carbonyl (C=O) groups is 3. The molecule has 1 aliphatic heterocycles. The molecule has 0 aromatic carbocycles. The fourth-order valence-electron chi connectivity index (χ4n) is 4.49. The van der Waals surface area contributed by atoms with Crippen LogP contribution >= 0.6 is 11.6 Å². The highest BCUT2D eigenvalue weighted by Gasteiger charge is 2.68. The molecule has 0 radical (unpaired) electrons. The molecule has 0 unspecified atom stereocenters. The predicted molar refractivity (Wildman–Crippen MR) is 128 cm³/mol. The van der Waals surface area contributed by atoms with Gasteiger partial charge in [-0.15, -0.1) is 11.6 Å². The maximum Gasteiger partial charge on any atom is 0.348 e. The Balaban J connectivity index is 2.23. The summed E-state index contributed by atoms with van der Waals surface area (Å²) in [5, 5.41) is 33.3. The summed E-state index contributed by atoms with van der Waals surface area (Å²) in [5.74, 6) is -4.11. The molecule has 6 atom stereocenters. The lowest BCUT2D eigenvalue weighted by Crippen LogP contribution is -2.58. The summed E-state index contributed by atoms with van der Waals surface area (Å²) >= 11 is 5.98. The minimum Gasteiger partial charge on any atom is -0.462 e. The minimum absolute atomic E-state index is 0.00453. The van der Waals surface area contributed by atoms with Gasteiger partial charge in [-0.2, -0.15) is 0 Å². The molecule has 0 bridgehead atoms. The smallest absolute Gasteiger partial charge is 0.348 e. The summed E-state index contributed by atoms with van der Waals surface area (Å²) in [5.41, 5.74) is -3.96. The molecule has 206 valence electrons. The van der Waals surface area contributed by atoms with Gasteiger partial charge in [0, 0.05) is 30.8 Å². The van der Waals surface area contributed by atoms with E-state index in [0.29, 0.717) is 0 Å². The summed E-state index contributed by atoms with van der Waals surface area (Å²) in [4.78, 5) is 37.2. The molecule has 0 saturated heterocycles. The van der Waals surface area contributed by atoms with E-state index in [-0.39, 0.29) is 42.6 Å². The average molecular weight is 535 g/mol. The van der Waals surface area contributed by atoms with Gasteiger partial charge in [0.15, 0.2) is 0 Å². The second kappa shape index (κ2) is 12.1. The summed E-state index contributed by atoms with van der Waals surface area (Å²) in [6.45, 7) is 10.3. The SMILES string of the molecule is CC(C)CC(=O)O[C@@H]1OC=C(COC(=O)[C@H](OC(=O)CC(C)C)C(C)C)[C@@]2(O)C[C@H](O)[C@](O)(CCl)[C@@H]12. The summed E-state index contributed by atoms with van der Waals surface area (Å²) < 4.78 is 21.6. The summed E-state index contributed by atoms with van der Waals surface area (Å²) in [6.07, 6.45) is -3.11. The largest absolute Gasteiger partial charge is 0.462 e. The van der Waals surface area contributed by atoms with E-state index < -0.39 is 66.0 Å². The third-order valence-electron chi connectivity index (χ3n) is 6.38. The zero-order valence-corrected chi connectivity index (χ0v) is 22.5. The van der Waals surface area contributed by atoms with Crippen molar-refractivity contribution >= 4 is 29.5 Å². The van der Waals surface area contributed by atoms with Gasteiger partial charge in [-0.25, -0.2) is 4.79 Å². The molecule has 0 amide bonds. The van der Waals surface area contributed by atoms with Crippen molar-refractivity contribution in [2.45, 2.75) is 90.5 Å². The molecular formula is C25H39ClO10. The lowest BCUT2D eigenvalue weighted by atomic mass is 9.77. The molecular weight excluding hydrogens is 496 g/mol. The normalized spacial score (nSPS) is 30.5. The number of aliphatic hydroxyl groups excluding tert-OH is 1. The van der Waals surface area contributed by atoms with E-state index in [2.05, 4.69) is 0 Å². The number of ether oxygens (including phenoxy) is 4. The predicted octanol–water partition coefficient (Wildman–Crippen LogP) is 2.05. The van der Waals surface area contributed by atoms with Gasteiger partial charge < -0.3 is 34.3 Å². The Hall–Kier alpha value is -1.88. The maximum atomic E-state index is 12.8. The van der Waals surface area contributed by atoms with Crippen LogP contribution in [0.1, 0.15) is 60.8 Å². The van der Waals surface area contributed by atoms with Gasteiger partial charge in [-0.3, -0.25) is 9.59 Å². The molecule has 11 heteroatoms. The number of rotatable bonds is 11. The Labute approximate surface area is 216 Å². The zero-order valence-electron chi connectivity index (χ0n) is 21.7. The highest BCUT2D eigenvalue weighted by atomic mass is 35.5. The summed E-state index contributed by atoms with van der Waals surface area (Å²) in [7, 11) is 0. The van der Waals surface area contributed by atoms with E-state index in [1.165, 1.54) is 0 Å². The van der Waals surface area contributed by atoms with Crippen molar-refractivity contribution in [3.8, 4) is 0 Å². The van der Waals surface area contributed by atoms with Crippen LogP contribution in [-0.4, -0.2) is 75.4 Å². The molecule has 2 rings (SSSR count). The quantitative estimate of drug-likeness (QED) is 0.204. The number of hydrogen-bond donors (Lipinski definition) is 3. The first kappa shape index (κ1) is 30.3. The van der Waals surface area contributed by atoms with Gasteiger partial charge in [0.25, 0.3) is 6.29 Å². The van der Waals surface area contributed by atoms with Crippen molar-refractivity contribution in [2.24, 2.45) is 23.7 Å². The van der Waals surface area contributed by atoms with Crippen LogP contribution in [0, 0.1) is 23.7 Å². The summed E-state index contributed by atoms with van der Waals surface area (Å²) in [6, 6.07) is 0. The molecule has 1 fully saturated rings. The van der Waals surface area contributed by atoms with Gasteiger partial charge >= 0.3 is 17.9 Å². The monoisotopic (exact) mass is 534 g/mol. The number of fused-ring (bicyclic) bond motifs is 1. The molecule has 1 saturated carbocycles. The molecule has 1 heterocycles. The number of hydrogen-bond acceptors (Lipinski definition) is 10. The van der Waals surface area contributed by atoms with Crippen molar-refractivity contribution in [2.75, 3.05) is 12.5 Å². The number of aliphatic hydroxyl groups is 3. The average Bonchev–Trinajstić information content (AvgIpc) is 2.96. The zero-order chi connectivity index (χ0) is 27.4. The van der Waals surface area contributed by atoms with Crippen LogP contribution in [0.4, 0.5) is 0 Å². The van der Waals surface area contributed by atoms with E-state index in [1.54, 1.807) is 13.8 Å². The topological polar surface area (TPSA) is 149 Å². The van der Waals surface area contributed by atoms with Gasteiger partial charge in [-0.05, 0) is 11.8 Å². The lowest BCUT2D eigenvalue weighted by molar-refractivity contribution is -0.227. The van der Waals surface area contributed by atoms with Crippen molar-refractivity contribution < 1.29 is 48.7 Å². The second-order valence-corrected chi connectivity index (χ2v) is 11.1. The van der Waals surface area contributed by atoms with Crippen LogP contribution in [0.25, 0.3) is 0 Å². The first-order valence-corrected chi connectivity index (χ1v) is 12.8. The third kappa shape index (κ3) is 6.70. The fourth-order valence-corrected chi connectivity index (χ4v) is 4.83. The Morgan fingerprint density at radius 2 is 1.67 bits per heavy atom. The Morgan fingerprint density at radius 3 is 2.19 bits per heavy atom. The number of esters is 3. The van der Waals surface area contributed by atoms with Crippen LogP contribution in [0.3, 0.4) is 0 Å². The first-order chi connectivity index (χ1) is 16.6. The molecule has 0 aromatic rings. The molecule has 1 aliphatic carbocycles. The van der Waals surface area contributed by atoms with Gasteiger partial charge in [0.2, 0.25) is 6.10 Å². The minimum atomic E-state index is -2.05. The molecule has 3 N–H and O–H groups in total. The molecule has 0 spiro atoms. The number of carbonyl (C=O) groups excluding carboxylic acids is 3. The van der Waals surface area contributed by atoms with Gasteiger partial charge in [-0.1, -0.05) is 41.5 Å². The number of alkyl halides is 1. The van der Waals surface area contributed by atoms with Crippen LogP contribution in [0.5, 0.6) is 0 Å². The van der Waals surface area contributed by atoms with Crippen molar-refractivity contribution in [1.82, 2.24) is 0 Å². The lowest BCUT2D eigenvalue weighted by Gasteiger charge is -2.43. The van der Waals surface area contributed by atoms with Crippen LogP contribution < -0.4 is 0 Å². The van der Waals surface area contributed by atoms with Crippen LogP contribution in [0.15, 0.2) is 11.8 Å². The van der Waals surface area contributed by atoms with E-state index in [4.69, 9.17) is 30.5 Å². The fraction of sp³-hybridized carbons (Fsp3) is 0.800. The first-order valence-electron chi connectivity index (χ1n) is 12.2. The van der Waals surface area contributed by atoms with E-state index in [0.717, 1.165) is 6.26 Å². The molecule has 10 nitrogen and oxygen atoms in total. The third-order valence-corrected chi connectivity index (χ3v) is 6.81. The Morgan fingerprint density at radius 1 is 1.08 bits per heavy atom. The highest BCUT2D eigenvalue weighted by Crippen LogP contribution is 2.52. The second-order valence-electron chi connectivity index (χ2n) is 10.8. The molecule has 36 heavy (non-hydrogen) atoms. The van der Waals surface area contributed by atoms with E-state index >= 15 is 0 Å². The van der Waals surface area contributed by atoms with Gasteiger partial charge in [0.1, 0.15) is 17.8 Å². The molecule has 0 aromatic heterocycles. The van der Waals surface area contributed by atoms with Crippen LogP contribution in [0.2, 0.25) is 0 Å². The van der Waals surface area contributed by atoms with Crippen molar-refractivity contribution in [3.05, 3.63) is 11.8 Å². The van der Waals surface area contributed by atoms with Crippen molar-refractivity contribution in [3.63, 3.8) is 0 Å². The van der Waals surface area contributed by atoms with Crippen molar-refractivity contribution in [1.29, 1.82) is 0 Å². The maximum absolute atomic E-state index is 12.8. The van der Waals surface area contributed by atoms with Gasteiger partial charge in [0.05, 0.1) is 24.2 Å². The standard InChI is InChI=1S/C25H39ClO10/c1-13(2)7-18(28)35-20(15(5)6)22(30)33-10-16-11-34-23(36-19(29)8-14(3)4)21-24(16,31)9-17(27)25(21,32)12-26/h11,13-15,17,20-21,23,27,31-32H,7-10,12H2,1-6H3/t17-,20+,21-,23-,24-,25+/m0/s1. The van der Waals surface area contributed by atoms with Crippen LogP contribution in [-0.2, 0) is 33.3 Å².